The van der Waals surface area contributed by atoms with Crippen LogP contribution in [0.3, 0.4) is 0 Å². The van der Waals surface area contributed by atoms with E-state index in [2.05, 4.69) is 53.5 Å². The van der Waals surface area contributed by atoms with Crippen LogP contribution >= 0.6 is 0 Å². The van der Waals surface area contributed by atoms with Crippen molar-refractivity contribution in [2.24, 2.45) is 4.99 Å². The van der Waals surface area contributed by atoms with E-state index in [0.717, 1.165) is 56.0 Å². The van der Waals surface area contributed by atoms with Crippen molar-refractivity contribution in [1.29, 1.82) is 0 Å². The molecule has 7 nitrogen and oxygen atoms in total. The molecule has 28 heavy (non-hydrogen) atoms. The van der Waals surface area contributed by atoms with Crippen LogP contribution in [0.5, 0.6) is 5.75 Å². The number of ether oxygens (including phenoxy) is 1. The molecule has 0 spiro atoms. The van der Waals surface area contributed by atoms with E-state index in [1.54, 1.807) is 7.11 Å². The highest BCUT2D eigenvalue weighted by Crippen LogP contribution is 2.20. The topological polar surface area (TPSA) is 84.6 Å². The monoisotopic (exact) mass is 387 g/mol. The smallest absolute Gasteiger partial charge is 0.226 e. The normalized spacial score (nSPS) is 12.1. The fourth-order valence-corrected chi connectivity index (χ4v) is 2.63. The zero-order chi connectivity index (χ0) is 20.4. The number of aliphatic imine (C=N–C) groups is 1. The Balaban J connectivity index is 1.73. The Morgan fingerprint density at radius 2 is 1.89 bits per heavy atom. The average molecular weight is 388 g/mol. The standard InChI is InChI=1S/C21H33N5O2/c1-6-22-20(25-21(2,3)4)23-15-9-7-8-10-18-24-19(26-28-18)16-11-13-17(27-5)14-12-16/h11-14H,6-10,15H2,1-5H3,(H2,22,23,25). The Bertz CT molecular complexity index is 732. The number of guanidine groups is 1. The summed E-state index contributed by atoms with van der Waals surface area (Å²) in [5.74, 6) is 2.98. The molecular weight excluding hydrogens is 354 g/mol. The first kappa shape index (κ1) is 21.7. The minimum Gasteiger partial charge on any atom is -0.497 e. The molecule has 1 aromatic carbocycles. The van der Waals surface area contributed by atoms with Crippen LogP contribution in [0.4, 0.5) is 0 Å². The first-order valence-electron chi connectivity index (χ1n) is 9.95. The first-order valence-corrected chi connectivity index (χ1v) is 9.95. The summed E-state index contributed by atoms with van der Waals surface area (Å²) in [6.07, 6.45) is 3.88. The second-order valence-corrected chi connectivity index (χ2v) is 7.69. The zero-order valence-electron chi connectivity index (χ0n) is 17.7. The minimum absolute atomic E-state index is 0.000547. The molecular formula is C21H33N5O2. The van der Waals surface area contributed by atoms with E-state index in [9.17, 15) is 0 Å². The third kappa shape index (κ3) is 7.58. The molecule has 0 unspecified atom stereocenters. The molecule has 0 bridgehead atoms. The van der Waals surface area contributed by atoms with Crippen LogP contribution in [-0.4, -0.2) is 41.8 Å². The number of nitrogens with one attached hydrogen (secondary N) is 2. The second-order valence-electron chi connectivity index (χ2n) is 7.69. The number of unbranched alkanes of at least 4 members (excludes halogenated alkanes) is 2. The third-order valence-electron chi connectivity index (χ3n) is 3.97. The lowest BCUT2D eigenvalue weighted by molar-refractivity contribution is 0.374. The van der Waals surface area contributed by atoms with Crippen LogP contribution in [0.1, 0.15) is 52.8 Å². The number of rotatable bonds is 9. The summed E-state index contributed by atoms with van der Waals surface area (Å²) in [7, 11) is 1.65. The fraction of sp³-hybridized carbons (Fsp3) is 0.571. The zero-order valence-corrected chi connectivity index (χ0v) is 17.7. The maximum absolute atomic E-state index is 5.37. The molecule has 0 aliphatic carbocycles. The van der Waals surface area contributed by atoms with Gasteiger partial charge in [0.2, 0.25) is 11.7 Å². The highest BCUT2D eigenvalue weighted by atomic mass is 16.5. The van der Waals surface area contributed by atoms with Gasteiger partial charge >= 0.3 is 0 Å². The molecule has 154 valence electrons. The number of benzene rings is 1. The Hall–Kier alpha value is -2.57. The van der Waals surface area contributed by atoms with E-state index < -0.39 is 0 Å². The van der Waals surface area contributed by atoms with E-state index in [1.807, 2.05) is 24.3 Å². The molecule has 1 aromatic heterocycles. The summed E-state index contributed by atoms with van der Waals surface area (Å²) in [5, 5.41) is 10.7. The van der Waals surface area contributed by atoms with Crippen molar-refractivity contribution >= 4 is 5.96 Å². The van der Waals surface area contributed by atoms with E-state index in [4.69, 9.17) is 9.26 Å². The third-order valence-corrected chi connectivity index (χ3v) is 3.97. The van der Waals surface area contributed by atoms with Gasteiger partial charge in [-0.05, 0) is 64.8 Å². The van der Waals surface area contributed by atoms with Gasteiger partial charge in [-0.25, -0.2) is 0 Å². The van der Waals surface area contributed by atoms with Crippen LogP contribution in [0.25, 0.3) is 11.4 Å². The summed E-state index contributed by atoms with van der Waals surface area (Å²) in [5.41, 5.74) is 0.924. The van der Waals surface area contributed by atoms with Crippen molar-refractivity contribution < 1.29 is 9.26 Å². The van der Waals surface area contributed by atoms with Crippen molar-refractivity contribution in [3.05, 3.63) is 30.2 Å². The van der Waals surface area contributed by atoms with Gasteiger partial charge in [0.25, 0.3) is 0 Å². The lowest BCUT2D eigenvalue weighted by Crippen LogP contribution is -2.47. The summed E-state index contributed by atoms with van der Waals surface area (Å²) >= 11 is 0. The van der Waals surface area contributed by atoms with Gasteiger partial charge in [0, 0.05) is 30.6 Å². The molecule has 0 aliphatic heterocycles. The largest absolute Gasteiger partial charge is 0.497 e. The lowest BCUT2D eigenvalue weighted by atomic mass is 10.1. The highest BCUT2D eigenvalue weighted by molar-refractivity contribution is 5.80. The lowest BCUT2D eigenvalue weighted by Gasteiger charge is -2.23. The van der Waals surface area contributed by atoms with E-state index in [1.165, 1.54) is 0 Å². The number of nitrogens with zero attached hydrogens (tertiary/aromatic N) is 3. The molecule has 0 saturated carbocycles. The Kier molecular flexibility index (Phi) is 8.29. The first-order chi connectivity index (χ1) is 13.4. The number of hydrogen-bond acceptors (Lipinski definition) is 5. The van der Waals surface area contributed by atoms with Gasteiger partial charge in [-0.2, -0.15) is 4.98 Å². The average Bonchev–Trinajstić information content (AvgIpc) is 3.12. The highest BCUT2D eigenvalue weighted by Gasteiger charge is 2.11. The van der Waals surface area contributed by atoms with Crippen LogP contribution < -0.4 is 15.4 Å². The van der Waals surface area contributed by atoms with Crippen molar-refractivity contribution in [2.75, 3.05) is 20.2 Å². The molecule has 2 rings (SSSR count). The van der Waals surface area contributed by atoms with Crippen LogP contribution in [0.15, 0.2) is 33.8 Å². The van der Waals surface area contributed by atoms with Gasteiger partial charge < -0.3 is 19.9 Å². The summed E-state index contributed by atoms with van der Waals surface area (Å²) in [6.45, 7) is 10.1. The molecule has 0 atom stereocenters. The Labute approximate surface area is 168 Å². The Morgan fingerprint density at radius 3 is 2.54 bits per heavy atom. The van der Waals surface area contributed by atoms with E-state index >= 15 is 0 Å². The van der Waals surface area contributed by atoms with Crippen LogP contribution in [0, 0.1) is 0 Å². The van der Waals surface area contributed by atoms with Gasteiger partial charge in [-0.3, -0.25) is 4.99 Å². The van der Waals surface area contributed by atoms with Crippen molar-refractivity contribution in [2.45, 2.75) is 58.9 Å². The molecule has 0 aliphatic rings. The quantitative estimate of drug-likeness (QED) is 0.387. The van der Waals surface area contributed by atoms with Gasteiger partial charge in [0.15, 0.2) is 5.96 Å². The predicted octanol–water partition coefficient (Wildman–Crippen LogP) is 3.81. The van der Waals surface area contributed by atoms with Crippen molar-refractivity contribution in [3.8, 4) is 17.1 Å². The molecule has 7 heteroatoms. The maximum atomic E-state index is 5.37. The van der Waals surface area contributed by atoms with E-state index in [-0.39, 0.29) is 5.54 Å². The van der Waals surface area contributed by atoms with Crippen molar-refractivity contribution in [1.82, 2.24) is 20.8 Å². The number of methoxy groups -OCH3 is 1. The van der Waals surface area contributed by atoms with Crippen LogP contribution in [-0.2, 0) is 6.42 Å². The number of aromatic nitrogens is 2. The SMILES string of the molecule is CCNC(=NCCCCCc1nc(-c2ccc(OC)cc2)no1)NC(C)(C)C. The molecule has 1 heterocycles. The predicted molar refractivity (Wildman–Crippen MR) is 113 cm³/mol. The van der Waals surface area contributed by atoms with Gasteiger partial charge in [0.05, 0.1) is 7.11 Å². The van der Waals surface area contributed by atoms with Crippen LogP contribution in [0.2, 0.25) is 0 Å². The number of aryl methyl sites for hydroxylation is 1. The summed E-state index contributed by atoms with van der Waals surface area (Å²) in [4.78, 5) is 9.11. The molecule has 2 aromatic rings. The molecule has 0 fully saturated rings. The fourth-order valence-electron chi connectivity index (χ4n) is 2.63. The summed E-state index contributed by atoms with van der Waals surface area (Å²) < 4.78 is 10.5. The van der Waals surface area contributed by atoms with Crippen molar-refractivity contribution in [3.63, 3.8) is 0 Å². The summed E-state index contributed by atoms with van der Waals surface area (Å²) in [6, 6.07) is 7.64. The van der Waals surface area contributed by atoms with E-state index in [0.29, 0.717) is 11.7 Å². The molecule has 2 N–H and O–H groups in total. The molecule has 0 radical (unpaired) electrons. The number of hydrogen-bond donors (Lipinski definition) is 2. The minimum atomic E-state index is 0.000547. The van der Waals surface area contributed by atoms with Gasteiger partial charge in [0.1, 0.15) is 5.75 Å². The maximum Gasteiger partial charge on any atom is 0.226 e. The van der Waals surface area contributed by atoms with Gasteiger partial charge in [-0.1, -0.05) is 11.6 Å². The molecule has 0 amide bonds. The Morgan fingerprint density at radius 1 is 1.14 bits per heavy atom. The second kappa shape index (κ2) is 10.7. The molecule has 0 saturated heterocycles. The van der Waals surface area contributed by atoms with Gasteiger partial charge in [-0.15, -0.1) is 0 Å².